The Morgan fingerprint density at radius 1 is 0.971 bits per heavy atom. The minimum atomic E-state index is -1.16. The Morgan fingerprint density at radius 3 is 2.23 bits per heavy atom. The lowest BCUT2D eigenvalue weighted by molar-refractivity contribution is -0.124. The third kappa shape index (κ3) is 5.59. The molecular weight excluding hydrogens is 514 g/mol. The van der Waals surface area contributed by atoms with E-state index in [1.807, 2.05) is 0 Å². The van der Waals surface area contributed by atoms with Crippen LogP contribution in [0, 0.1) is 5.82 Å². The number of nitrogens with zero attached hydrogens (tertiary/aromatic N) is 2. The molecule has 0 aliphatic carbocycles. The van der Waals surface area contributed by atoms with Gasteiger partial charge in [-0.3, -0.25) is 24.7 Å². The van der Waals surface area contributed by atoms with E-state index in [1.54, 1.807) is 30.3 Å². The number of hydrogen-bond acceptors (Lipinski definition) is 4. The molecule has 0 saturated carbocycles. The molecular formula is C24H17Cl2FN4O3S. The van der Waals surface area contributed by atoms with E-state index in [4.69, 9.17) is 35.4 Å². The lowest BCUT2D eigenvalue weighted by atomic mass is 10.1. The first-order chi connectivity index (χ1) is 16.7. The van der Waals surface area contributed by atoms with Crippen LogP contribution in [0.4, 0.5) is 15.8 Å². The number of rotatable bonds is 6. The molecule has 1 unspecified atom stereocenters. The number of amides is 3. The number of carbonyl (C=O) groups is 3. The summed E-state index contributed by atoms with van der Waals surface area (Å²) in [6.07, 6.45) is -0.351. The van der Waals surface area contributed by atoms with Crippen molar-refractivity contribution in [3.63, 3.8) is 0 Å². The molecule has 2 N–H and O–H groups in total. The molecule has 0 spiro atoms. The monoisotopic (exact) mass is 530 g/mol. The van der Waals surface area contributed by atoms with Gasteiger partial charge >= 0.3 is 0 Å². The molecule has 178 valence electrons. The van der Waals surface area contributed by atoms with Gasteiger partial charge in [0.2, 0.25) is 11.0 Å². The van der Waals surface area contributed by atoms with Crippen LogP contribution < -0.4 is 15.6 Å². The predicted octanol–water partition coefficient (Wildman–Crippen LogP) is 4.81. The van der Waals surface area contributed by atoms with Crippen molar-refractivity contribution in [2.24, 2.45) is 0 Å². The molecule has 1 aliphatic heterocycles. The zero-order chi connectivity index (χ0) is 25.1. The second-order valence-corrected chi connectivity index (χ2v) is 8.77. The summed E-state index contributed by atoms with van der Waals surface area (Å²) >= 11 is 17.4. The quantitative estimate of drug-likeness (QED) is 0.447. The molecule has 1 heterocycles. The van der Waals surface area contributed by atoms with Crippen molar-refractivity contribution in [1.29, 1.82) is 0 Å². The fourth-order valence-electron chi connectivity index (χ4n) is 3.50. The van der Waals surface area contributed by atoms with Crippen molar-refractivity contribution >= 4 is 69.6 Å². The van der Waals surface area contributed by atoms with Crippen LogP contribution in [0.15, 0.2) is 72.8 Å². The maximum absolute atomic E-state index is 13.4. The molecule has 35 heavy (non-hydrogen) atoms. The fraction of sp³-hybridized carbons (Fsp3) is 0.0833. The van der Waals surface area contributed by atoms with Crippen molar-refractivity contribution in [1.82, 2.24) is 10.4 Å². The van der Waals surface area contributed by atoms with Crippen LogP contribution in [0.5, 0.6) is 0 Å². The molecule has 0 aromatic heterocycles. The Bertz CT molecular complexity index is 1290. The summed E-state index contributed by atoms with van der Waals surface area (Å²) < 4.78 is 13.4. The number of thiocarbonyl (C=S) groups is 1. The summed E-state index contributed by atoms with van der Waals surface area (Å²) in [6.45, 7) is 0. The average molecular weight is 531 g/mol. The van der Waals surface area contributed by atoms with Crippen LogP contribution in [0.3, 0.4) is 0 Å². The highest BCUT2D eigenvalue weighted by Crippen LogP contribution is 2.27. The smallest absolute Gasteiger partial charge is 0.269 e. The maximum atomic E-state index is 13.4. The normalized spacial score (nSPS) is 15.3. The van der Waals surface area contributed by atoms with Gasteiger partial charge in [-0.25, -0.2) is 9.40 Å². The second-order valence-electron chi connectivity index (χ2n) is 7.54. The van der Waals surface area contributed by atoms with Crippen LogP contribution >= 0.6 is 35.4 Å². The van der Waals surface area contributed by atoms with Crippen LogP contribution in [0.2, 0.25) is 10.0 Å². The first-order valence-corrected chi connectivity index (χ1v) is 11.4. The molecule has 3 amide bonds. The van der Waals surface area contributed by atoms with Crippen LogP contribution in [-0.4, -0.2) is 33.9 Å². The van der Waals surface area contributed by atoms with E-state index in [9.17, 15) is 18.8 Å². The predicted molar refractivity (Wildman–Crippen MR) is 136 cm³/mol. The van der Waals surface area contributed by atoms with Crippen LogP contribution in [-0.2, 0) is 9.59 Å². The molecule has 1 saturated heterocycles. The highest BCUT2D eigenvalue weighted by atomic mass is 35.5. The largest absolute Gasteiger partial charge is 0.326 e. The Hall–Kier alpha value is -3.53. The number of carbonyl (C=O) groups excluding carboxylic acids is 3. The Morgan fingerprint density at radius 2 is 1.60 bits per heavy atom. The molecule has 1 fully saturated rings. The van der Waals surface area contributed by atoms with Crippen molar-refractivity contribution in [2.45, 2.75) is 12.5 Å². The van der Waals surface area contributed by atoms with E-state index in [-0.39, 0.29) is 11.5 Å². The summed E-state index contributed by atoms with van der Waals surface area (Å²) in [7, 11) is 0. The summed E-state index contributed by atoms with van der Waals surface area (Å²) in [6, 6.07) is 16.8. The van der Waals surface area contributed by atoms with E-state index >= 15 is 0 Å². The molecule has 3 aromatic rings. The Kier molecular flexibility index (Phi) is 7.30. The van der Waals surface area contributed by atoms with Crippen LogP contribution in [0.1, 0.15) is 16.8 Å². The minimum Gasteiger partial charge on any atom is -0.326 e. The van der Waals surface area contributed by atoms with Gasteiger partial charge in [-0.05, 0) is 66.8 Å². The SMILES string of the molecule is O=C(CC1C(=O)N(c2ccc(F)cc2)C(=S)N1NC(=O)c1ccccc1)Nc1cc(Cl)cc(Cl)c1. The average Bonchev–Trinajstić information content (AvgIpc) is 3.03. The number of benzene rings is 3. The number of nitrogens with one attached hydrogen (secondary N) is 2. The van der Waals surface area contributed by atoms with E-state index in [0.29, 0.717) is 27.0 Å². The highest BCUT2D eigenvalue weighted by Gasteiger charge is 2.45. The van der Waals surface area contributed by atoms with Gasteiger partial charge in [0.05, 0.1) is 12.1 Å². The first kappa shape index (κ1) is 24.6. The lowest BCUT2D eigenvalue weighted by Crippen LogP contribution is -2.49. The lowest BCUT2D eigenvalue weighted by Gasteiger charge is -2.24. The van der Waals surface area contributed by atoms with E-state index in [1.165, 1.54) is 47.5 Å². The van der Waals surface area contributed by atoms with Gasteiger partial charge in [-0.2, -0.15) is 0 Å². The maximum Gasteiger partial charge on any atom is 0.269 e. The topological polar surface area (TPSA) is 81.8 Å². The van der Waals surface area contributed by atoms with Gasteiger partial charge < -0.3 is 5.32 Å². The van der Waals surface area contributed by atoms with Gasteiger partial charge in [-0.15, -0.1) is 0 Å². The molecule has 1 atom stereocenters. The highest BCUT2D eigenvalue weighted by molar-refractivity contribution is 7.80. The van der Waals surface area contributed by atoms with Crippen molar-refractivity contribution < 1.29 is 18.8 Å². The van der Waals surface area contributed by atoms with Crippen molar-refractivity contribution in [2.75, 3.05) is 10.2 Å². The Balaban J connectivity index is 1.60. The third-order valence-corrected chi connectivity index (χ3v) is 5.90. The summed E-state index contributed by atoms with van der Waals surface area (Å²) in [5, 5.41) is 4.40. The fourth-order valence-corrected chi connectivity index (χ4v) is 4.40. The molecule has 1 aliphatic rings. The third-order valence-electron chi connectivity index (χ3n) is 5.08. The zero-order valence-corrected chi connectivity index (χ0v) is 20.2. The second kappa shape index (κ2) is 10.4. The van der Waals surface area contributed by atoms with Gasteiger partial charge in [0.15, 0.2) is 0 Å². The Labute approximate surface area is 215 Å². The summed E-state index contributed by atoms with van der Waals surface area (Å²) in [5.41, 5.74) is 3.59. The summed E-state index contributed by atoms with van der Waals surface area (Å²) in [5.74, 6) is -2.11. The first-order valence-electron chi connectivity index (χ1n) is 10.3. The molecule has 7 nitrogen and oxygen atoms in total. The van der Waals surface area contributed by atoms with E-state index in [2.05, 4.69) is 10.7 Å². The zero-order valence-electron chi connectivity index (χ0n) is 17.9. The standard InChI is InChI=1S/C24H17Cl2FN4O3S/c25-15-10-16(26)12-18(11-15)28-21(32)13-20-23(34)30(19-8-6-17(27)7-9-19)24(35)31(20)29-22(33)14-4-2-1-3-5-14/h1-12,20H,13H2,(H,28,32)(H,29,33). The van der Waals surface area contributed by atoms with Gasteiger partial charge in [0.1, 0.15) is 11.9 Å². The molecule has 0 bridgehead atoms. The summed E-state index contributed by atoms with van der Waals surface area (Å²) in [4.78, 5) is 40.2. The number of anilines is 2. The number of halogens is 3. The molecule has 0 radical (unpaired) electrons. The minimum absolute atomic E-state index is 0.0607. The van der Waals surface area contributed by atoms with Crippen molar-refractivity contribution in [3.05, 3.63) is 94.2 Å². The van der Waals surface area contributed by atoms with Gasteiger partial charge in [0, 0.05) is 21.3 Å². The molecule has 4 rings (SSSR count). The molecule has 11 heteroatoms. The van der Waals surface area contributed by atoms with E-state index in [0.717, 1.165) is 4.90 Å². The number of hydrogen-bond donors (Lipinski definition) is 2. The van der Waals surface area contributed by atoms with E-state index < -0.39 is 29.6 Å². The van der Waals surface area contributed by atoms with Gasteiger partial charge in [-0.1, -0.05) is 41.4 Å². The van der Waals surface area contributed by atoms with Crippen molar-refractivity contribution in [3.8, 4) is 0 Å². The number of hydrazine groups is 1. The van der Waals surface area contributed by atoms with Crippen LogP contribution in [0.25, 0.3) is 0 Å². The molecule has 3 aromatic carbocycles. The van der Waals surface area contributed by atoms with Gasteiger partial charge in [0.25, 0.3) is 11.8 Å².